The average Bonchev–Trinajstić information content (AvgIpc) is 2.77. The van der Waals surface area contributed by atoms with E-state index >= 15 is 0 Å². The molecule has 2 rings (SSSR count). The molecule has 1 heterocycles. The number of nitrogens with zero attached hydrogens (tertiary/aromatic N) is 1. The van der Waals surface area contributed by atoms with Crippen LogP contribution in [0.15, 0.2) is 30.5 Å². The lowest BCUT2D eigenvalue weighted by Crippen LogP contribution is -2.15. The molecule has 17 heavy (non-hydrogen) atoms. The van der Waals surface area contributed by atoms with Crippen LogP contribution in [0.4, 0.5) is 0 Å². The predicted octanol–water partition coefficient (Wildman–Crippen LogP) is 2.65. The minimum atomic E-state index is 0.919. The van der Waals surface area contributed by atoms with Crippen molar-refractivity contribution >= 4 is 10.9 Å². The van der Waals surface area contributed by atoms with Crippen LogP contribution in [0.3, 0.4) is 0 Å². The number of aryl methyl sites for hydroxylation is 1. The molecule has 0 unspecified atom stereocenters. The number of benzene rings is 1. The molecule has 0 aliphatic rings. The molecule has 0 fully saturated rings. The van der Waals surface area contributed by atoms with Crippen molar-refractivity contribution in [1.29, 1.82) is 0 Å². The molecule has 0 aliphatic carbocycles. The van der Waals surface area contributed by atoms with Gasteiger partial charge in [-0.05, 0) is 43.8 Å². The summed E-state index contributed by atoms with van der Waals surface area (Å²) in [6.07, 6.45) is 3.31. The topological polar surface area (TPSA) is 26.2 Å². The van der Waals surface area contributed by atoms with E-state index in [1.54, 1.807) is 7.11 Å². The summed E-state index contributed by atoms with van der Waals surface area (Å²) in [6, 6.07) is 8.37. The van der Waals surface area contributed by atoms with Gasteiger partial charge < -0.3 is 14.6 Å². The van der Waals surface area contributed by atoms with Crippen molar-refractivity contribution in [2.75, 3.05) is 20.2 Å². The zero-order chi connectivity index (χ0) is 12.1. The van der Waals surface area contributed by atoms with Gasteiger partial charge in [0.05, 0.1) is 7.11 Å². The van der Waals surface area contributed by atoms with Crippen LogP contribution in [0.5, 0.6) is 5.75 Å². The summed E-state index contributed by atoms with van der Waals surface area (Å²) in [6.45, 7) is 5.32. The maximum atomic E-state index is 5.23. The van der Waals surface area contributed by atoms with Crippen molar-refractivity contribution in [2.45, 2.75) is 19.9 Å². The van der Waals surface area contributed by atoms with E-state index in [2.05, 4.69) is 41.2 Å². The fourth-order valence-electron chi connectivity index (χ4n) is 2.05. The lowest BCUT2D eigenvalue weighted by molar-refractivity contribution is 0.415. The zero-order valence-electron chi connectivity index (χ0n) is 10.6. The van der Waals surface area contributed by atoms with E-state index in [1.165, 1.54) is 10.9 Å². The molecule has 0 bridgehead atoms. The van der Waals surface area contributed by atoms with E-state index in [1.807, 2.05) is 6.07 Å². The first kappa shape index (κ1) is 12.0. The first-order valence-corrected chi connectivity index (χ1v) is 6.18. The van der Waals surface area contributed by atoms with Gasteiger partial charge in [-0.2, -0.15) is 0 Å². The Labute approximate surface area is 102 Å². The summed E-state index contributed by atoms with van der Waals surface area (Å²) in [5.41, 5.74) is 1.28. The Morgan fingerprint density at radius 3 is 2.94 bits per heavy atom. The number of nitrogens with one attached hydrogen (secondary N) is 1. The van der Waals surface area contributed by atoms with Gasteiger partial charge in [0.2, 0.25) is 0 Å². The zero-order valence-corrected chi connectivity index (χ0v) is 10.6. The van der Waals surface area contributed by atoms with Crippen LogP contribution in [0.1, 0.15) is 13.3 Å². The standard InChI is InChI=1S/C14H20N2O/c1-3-15-8-4-9-16-10-7-12-11-13(17-2)5-6-14(12)16/h5-7,10-11,15H,3-4,8-9H2,1-2H3. The van der Waals surface area contributed by atoms with Crippen molar-refractivity contribution in [1.82, 2.24) is 9.88 Å². The molecule has 0 aliphatic heterocycles. The largest absolute Gasteiger partial charge is 0.497 e. The van der Waals surface area contributed by atoms with Crippen LogP contribution in [0, 0.1) is 0 Å². The van der Waals surface area contributed by atoms with Gasteiger partial charge in [-0.3, -0.25) is 0 Å². The van der Waals surface area contributed by atoms with E-state index in [4.69, 9.17) is 4.74 Å². The quantitative estimate of drug-likeness (QED) is 0.775. The molecule has 0 radical (unpaired) electrons. The highest BCUT2D eigenvalue weighted by molar-refractivity contribution is 5.81. The van der Waals surface area contributed by atoms with E-state index in [-0.39, 0.29) is 0 Å². The van der Waals surface area contributed by atoms with Gasteiger partial charge in [-0.15, -0.1) is 0 Å². The Bertz CT molecular complexity index is 476. The van der Waals surface area contributed by atoms with Crippen molar-refractivity contribution in [3.63, 3.8) is 0 Å². The molecule has 3 nitrogen and oxygen atoms in total. The molecule has 0 atom stereocenters. The number of ether oxygens (including phenoxy) is 1. The Morgan fingerprint density at radius 2 is 2.18 bits per heavy atom. The van der Waals surface area contributed by atoms with Crippen molar-refractivity contribution < 1.29 is 4.74 Å². The SMILES string of the molecule is CCNCCCn1ccc2cc(OC)ccc21. The third-order valence-electron chi connectivity index (χ3n) is 2.98. The van der Waals surface area contributed by atoms with Crippen molar-refractivity contribution in [2.24, 2.45) is 0 Å². The van der Waals surface area contributed by atoms with Crippen LogP contribution >= 0.6 is 0 Å². The van der Waals surface area contributed by atoms with Gasteiger partial charge in [0.25, 0.3) is 0 Å². The van der Waals surface area contributed by atoms with Crippen LogP contribution in [0.2, 0.25) is 0 Å². The maximum absolute atomic E-state index is 5.23. The lowest BCUT2D eigenvalue weighted by Gasteiger charge is -2.06. The van der Waals surface area contributed by atoms with E-state index in [0.717, 1.165) is 31.8 Å². The fraction of sp³-hybridized carbons (Fsp3) is 0.429. The molecular formula is C14H20N2O. The smallest absolute Gasteiger partial charge is 0.119 e. The fourth-order valence-corrected chi connectivity index (χ4v) is 2.05. The van der Waals surface area contributed by atoms with Gasteiger partial charge in [0, 0.05) is 23.6 Å². The van der Waals surface area contributed by atoms with Crippen LogP contribution < -0.4 is 10.1 Å². The molecule has 1 aromatic heterocycles. The highest BCUT2D eigenvalue weighted by atomic mass is 16.5. The van der Waals surface area contributed by atoms with Gasteiger partial charge in [0.15, 0.2) is 0 Å². The van der Waals surface area contributed by atoms with Crippen molar-refractivity contribution in [3.8, 4) is 5.75 Å². The van der Waals surface area contributed by atoms with E-state index in [9.17, 15) is 0 Å². The molecule has 0 amide bonds. The molecule has 0 saturated carbocycles. The average molecular weight is 232 g/mol. The first-order valence-electron chi connectivity index (χ1n) is 6.18. The number of fused-ring (bicyclic) bond motifs is 1. The molecule has 92 valence electrons. The second kappa shape index (κ2) is 5.73. The van der Waals surface area contributed by atoms with Gasteiger partial charge in [-0.25, -0.2) is 0 Å². The molecule has 1 aromatic carbocycles. The van der Waals surface area contributed by atoms with Gasteiger partial charge in [-0.1, -0.05) is 6.92 Å². The first-order chi connectivity index (χ1) is 8.35. The number of hydrogen-bond acceptors (Lipinski definition) is 2. The maximum Gasteiger partial charge on any atom is 0.119 e. The van der Waals surface area contributed by atoms with Gasteiger partial charge in [0.1, 0.15) is 5.75 Å². The van der Waals surface area contributed by atoms with Gasteiger partial charge >= 0.3 is 0 Å². The second-order valence-corrected chi connectivity index (χ2v) is 4.14. The molecule has 1 N–H and O–H groups in total. The number of hydrogen-bond donors (Lipinski definition) is 1. The Morgan fingerprint density at radius 1 is 1.29 bits per heavy atom. The molecule has 2 aromatic rings. The second-order valence-electron chi connectivity index (χ2n) is 4.14. The number of rotatable bonds is 6. The molecule has 0 spiro atoms. The molecule has 0 saturated heterocycles. The summed E-state index contributed by atoms with van der Waals surface area (Å²) in [7, 11) is 1.70. The molecular weight excluding hydrogens is 212 g/mol. The highest BCUT2D eigenvalue weighted by Gasteiger charge is 2.01. The Kier molecular flexibility index (Phi) is 4.04. The number of aromatic nitrogens is 1. The third kappa shape index (κ3) is 2.80. The third-order valence-corrected chi connectivity index (χ3v) is 2.98. The Balaban J connectivity index is 2.08. The number of methoxy groups -OCH3 is 1. The monoisotopic (exact) mass is 232 g/mol. The summed E-state index contributed by atoms with van der Waals surface area (Å²) < 4.78 is 7.52. The lowest BCUT2D eigenvalue weighted by atomic mass is 10.2. The summed E-state index contributed by atoms with van der Waals surface area (Å²) in [5.74, 6) is 0.919. The Hall–Kier alpha value is -1.48. The normalized spacial score (nSPS) is 10.9. The van der Waals surface area contributed by atoms with Crippen LogP contribution in [0.25, 0.3) is 10.9 Å². The van der Waals surface area contributed by atoms with Crippen LogP contribution in [-0.2, 0) is 6.54 Å². The molecule has 3 heteroatoms. The van der Waals surface area contributed by atoms with Crippen molar-refractivity contribution in [3.05, 3.63) is 30.5 Å². The van der Waals surface area contributed by atoms with E-state index < -0.39 is 0 Å². The van der Waals surface area contributed by atoms with E-state index in [0.29, 0.717) is 0 Å². The minimum Gasteiger partial charge on any atom is -0.497 e. The predicted molar refractivity (Wildman–Crippen MR) is 71.7 cm³/mol. The minimum absolute atomic E-state index is 0.919. The summed E-state index contributed by atoms with van der Waals surface area (Å²) >= 11 is 0. The summed E-state index contributed by atoms with van der Waals surface area (Å²) in [4.78, 5) is 0. The highest BCUT2D eigenvalue weighted by Crippen LogP contribution is 2.21. The summed E-state index contributed by atoms with van der Waals surface area (Å²) in [5, 5.41) is 4.59. The van der Waals surface area contributed by atoms with Crippen LogP contribution in [-0.4, -0.2) is 24.8 Å².